The molecule has 1 aromatic rings. The molecule has 0 aliphatic carbocycles. The zero-order chi connectivity index (χ0) is 15.9. The maximum absolute atomic E-state index is 12.2. The summed E-state index contributed by atoms with van der Waals surface area (Å²) in [5.41, 5.74) is 2.20. The lowest BCUT2D eigenvalue weighted by Crippen LogP contribution is -2.43. The first-order valence-electron chi connectivity index (χ1n) is 8.74. The van der Waals surface area contributed by atoms with Crippen LogP contribution in [0.4, 0.5) is 5.69 Å². The molecule has 2 saturated heterocycles. The summed E-state index contributed by atoms with van der Waals surface area (Å²) in [5, 5.41) is 6.30. The minimum atomic E-state index is -0.0373. The summed E-state index contributed by atoms with van der Waals surface area (Å²) < 4.78 is 5.37. The van der Waals surface area contributed by atoms with Crippen molar-refractivity contribution in [3.8, 4) is 0 Å². The van der Waals surface area contributed by atoms with E-state index in [-0.39, 0.29) is 11.9 Å². The highest BCUT2D eigenvalue weighted by Gasteiger charge is 2.20. The molecule has 5 nitrogen and oxygen atoms in total. The van der Waals surface area contributed by atoms with Gasteiger partial charge < -0.3 is 15.4 Å². The van der Waals surface area contributed by atoms with Crippen molar-refractivity contribution in [3.63, 3.8) is 0 Å². The number of hydrogen-bond acceptors (Lipinski definition) is 4. The fourth-order valence-electron chi connectivity index (χ4n) is 3.17. The van der Waals surface area contributed by atoms with Crippen molar-refractivity contribution >= 4 is 11.6 Å². The summed E-state index contributed by atoms with van der Waals surface area (Å²) in [6, 6.07) is 8.21. The Labute approximate surface area is 138 Å². The molecule has 2 heterocycles. The van der Waals surface area contributed by atoms with E-state index >= 15 is 0 Å². The van der Waals surface area contributed by atoms with Gasteiger partial charge in [-0.05, 0) is 43.5 Å². The first-order valence-corrected chi connectivity index (χ1v) is 8.74. The Balaban J connectivity index is 1.45. The number of rotatable bonds is 5. The van der Waals surface area contributed by atoms with Crippen LogP contribution in [0.5, 0.6) is 0 Å². The Bertz CT molecular complexity index is 491. The predicted molar refractivity (Wildman–Crippen MR) is 91.7 cm³/mol. The molecule has 1 amide bonds. The van der Waals surface area contributed by atoms with E-state index in [1.807, 2.05) is 12.1 Å². The number of carbonyl (C=O) groups excluding carboxylic acids is 1. The number of carbonyl (C=O) groups is 1. The molecule has 0 radical (unpaired) electrons. The summed E-state index contributed by atoms with van der Waals surface area (Å²) in [4.78, 5) is 14.6. The van der Waals surface area contributed by atoms with E-state index in [4.69, 9.17) is 4.74 Å². The van der Waals surface area contributed by atoms with Gasteiger partial charge in [0.15, 0.2) is 0 Å². The molecule has 126 valence electrons. The van der Waals surface area contributed by atoms with Crippen LogP contribution in [0.2, 0.25) is 0 Å². The molecule has 1 atom stereocenters. The number of benzene rings is 1. The van der Waals surface area contributed by atoms with E-state index in [0.29, 0.717) is 0 Å². The van der Waals surface area contributed by atoms with Gasteiger partial charge in [0.2, 0.25) is 5.91 Å². The van der Waals surface area contributed by atoms with Gasteiger partial charge in [0.25, 0.3) is 0 Å². The van der Waals surface area contributed by atoms with Crippen LogP contribution in [-0.2, 0) is 16.0 Å². The maximum atomic E-state index is 12.2. The lowest BCUT2D eigenvalue weighted by atomic mass is 10.0. The van der Waals surface area contributed by atoms with Gasteiger partial charge >= 0.3 is 0 Å². The highest BCUT2D eigenvalue weighted by molar-refractivity contribution is 5.94. The second-order valence-corrected chi connectivity index (χ2v) is 6.39. The smallest absolute Gasteiger partial charge is 0.241 e. The van der Waals surface area contributed by atoms with Crippen LogP contribution in [0.25, 0.3) is 0 Å². The van der Waals surface area contributed by atoms with Gasteiger partial charge in [-0.25, -0.2) is 0 Å². The van der Waals surface area contributed by atoms with Crippen molar-refractivity contribution in [2.24, 2.45) is 0 Å². The van der Waals surface area contributed by atoms with Gasteiger partial charge in [-0.15, -0.1) is 0 Å². The molecule has 2 N–H and O–H groups in total. The second-order valence-electron chi connectivity index (χ2n) is 6.39. The third kappa shape index (κ3) is 5.03. The second kappa shape index (κ2) is 8.43. The third-order valence-corrected chi connectivity index (χ3v) is 4.67. The van der Waals surface area contributed by atoms with E-state index in [2.05, 4.69) is 27.7 Å². The Morgan fingerprint density at radius 3 is 2.70 bits per heavy atom. The third-order valence-electron chi connectivity index (χ3n) is 4.67. The minimum Gasteiger partial charge on any atom is -0.379 e. The normalized spacial score (nSPS) is 22.7. The zero-order valence-corrected chi connectivity index (χ0v) is 13.7. The summed E-state index contributed by atoms with van der Waals surface area (Å²) in [7, 11) is 0. The molecular weight excluding hydrogens is 290 g/mol. The quantitative estimate of drug-likeness (QED) is 0.867. The fourth-order valence-corrected chi connectivity index (χ4v) is 3.17. The van der Waals surface area contributed by atoms with Gasteiger partial charge in [0, 0.05) is 25.3 Å². The van der Waals surface area contributed by atoms with Crippen LogP contribution in [-0.4, -0.2) is 56.2 Å². The van der Waals surface area contributed by atoms with Gasteiger partial charge in [-0.3, -0.25) is 9.69 Å². The molecular formula is C18H27N3O2. The largest absolute Gasteiger partial charge is 0.379 e. The summed E-state index contributed by atoms with van der Waals surface area (Å²) in [6.45, 7) is 5.77. The molecule has 23 heavy (non-hydrogen) atoms. The zero-order valence-electron chi connectivity index (χ0n) is 13.7. The average Bonchev–Trinajstić information content (AvgIpc) is 2.63. The van der Waals surface area contributed by atoms with Gasteiger partial charge in [0.05, 0.1) is 19.3 Å². The molecule has 0 saturated carbocycles. The average molecular weight is 317 g/mol. The number of piperidine rings is 1. The summed E-state index contributed by atoms with van der Waals surface area (Å²) in [5.74, 6) is 0.0887. The molecule has 5 heteroatoms. The number of amides is 1. The van der Waals surface area contributed by atoms with Crippen molar-refractivity contribution in [1.82, 2.24) is 10.2 Å². The number of anilines is 1. The predicted octanol–water partition coefficient (Wildman–Crippen LogP) is 1.64. The van der Waals surface area contributed by atoms with Crippen LogP contribution >= 0.6 is 0 Å². The van der Waals surface area contributed by atoms with Crippen molar-refractivity contribution in [2.45, 2.75) is 31.7 Å². The van der Waals surface area contributed by atoms with Crippen LogP contribution in [0.1, 0.15) is 24.8 Å². The number of nitrogens with one attached hydrogen (secondary N) is 2. The summed E-state index contributed by atoms with van der Waals surface area (Å²) >= 11 is 0. The molecule has 2 aliphatic heterocycles. The Morgan fingerprint density at radius 2 is 2.00 bits per heavy atom. The van der Waals surface area contributed by atoms with Crippen molar-refractivity contribution < 1.29 is 9.53 Å². The molecule has 2 aliphatic rings. The monoisotopic (exact) mass is 317 g/mol. The first-order chi connectivity index (χ1) is 11.3. The highest BCUT2D eigenvalue weighted by Crippen LogP contribution is 2.13. The molecule has 1 aromatic carbocycles. The Kier molecular flexibility index (Phi) is 6.02. The Morgan fingerprint density at radius 1 is 1.22 bits per heavy atom. The number of nitrogens with zero attached hydrogens (tertiary/aromatic N) is 1. The van der Waals surface area contributed by atoms with E-state index in [0.717, 1.165) is 64.3 Å². The van der Waals surface area contributed by atoms with E-state index in [1.54, 1.807) is 0 Å². The van der Waals surface area contributed by atoms with Crippen molar-refractivity contribution in [2.75, 3.05) is 44.7 Å². The van der Waals surface area contributed by atoms with E-state index in [1.165, 1.54) is 12.0 Å². The summed E-state index contributed by atoms with van der Waals surface area (Å²) in [6.07, 6.45) is 4.27. The van der Waals surface area contributed by atoms with Crippen molar-refractivity contribution in [3.05, 3.63) is 29.8 Å². The van der Waals surface area contributed by atoms with Crippen LogP contribution in [0.15, 0.2) is 24.3 Å². The highest BCUT2D eigenvalue weighted by atomic mass is 16.5. The maximum Gasteiger partial charge on any atom is 0.241 e. The van der Waals surface area contributed by atoms with Gasteiger partial charge in [-0.1, -0.05) is 18.6 Å². The number of morpholine rings is 1. The van der Waals surface area contributed by atoms with Gasteiger partial charge in [0.1, 0.15) is 0 Å². The van der Waals surface area contributed by atoms with E-state index in [9.17, 15) is 4.79 Å². The number of ether oxygens (including phenoxy) is 1. The lowest BCUT2D eigenvalue weighted by molar-refractivity contribution is -0.118. The molecule has 0 unspecified atom stereocenters. The van der Waals surface area contributed by atoms with Gasteiger partial charge in [-0.2, -0.15) is 0 Å². The molecule has 3 rings (SSSR count). The number of hydrogen-bond donors (Lipinski definition) is 2. The van der Waals surface area contributed by atoms with Crippen LogP contribution in [0.3, 0.4) is 0 Å². The standard InChI is InChI=1S/C18H27N3O2/c22-18(17-3-1-2-9-19-17)20-16-6-4-15(5-7-16)8-10-21-11-13-23-14-12-21/h4-7,17,19H,1-3,8-14H2,(H,20,22)/t17-/m1/s1. The first kappa shape index (κ1) is 16.4. The Hall–Kier alpha value is -1.43. The molecule has 0 bridgehead atoms. The molecule has 0 aromatic heterocycles. The van der Waals surface area contributed by atoms with E-state index < -0.39 is 0 Å². The SMILES string of the molecule is O=C(Nc1ccc(CCN2CCOCC2)cc1)[C@H]1CCCCN1. The molecule has 2 fully saturated rings. The minimum absolute atomic E-state index is 0.0373. The molecule has 0 spiro atoms. The topological polar surface area (TPSA) is 53.6 Å². The fraction of sp³-hybridized carbons (Fsp3) is 0.611. The van der Waals surface area contributed by atoms with Crippen LogP contribution < -0.4 is 10.6 Å². The van der Waals surface area contributed by atoms with Crippen LogP contribution in [0, 0.1) is 0 Å². The lowest BCUT2D eigenvalue weighted by Gasteiger charge is -2.26. The van der Waals surface area contributed by atoms with Crippen molar-refractivity contribution in [1.29, 1.82) is 0 Å².